The number of benzene rings is 2. The topological polar surface area (TPSA) is 57.7 Å². The first-order valence-corrected chi connectivity index (χ1v) is 11.5. The molecular formula is C22H25FN2O3S. The van der Waals surface area contributed by atoms with Gasteiger partial charge in [0.2, 0.25) is 10.0 Å². The lowest BCUT2D eigenvalue weighted by atomic mass is 10.1. The Hall–Kier alpha value is -2.25. The third kappa shape index (κ3) is 4.67. The van der Waals surface area contributed by atoms with Crippen molar-refractivity contribution in [1.29, 1.82) is 0 Å². The summed E-state index contributed by atoms with van der Waals surface area (Å²) in [4.78, 5) is 15.1. The Morgan fingerprint density at radius 1 is 1.07 bits per heavy atom. The van der Waals surface area contributed by atoms with E-state index in [4.69, 9.17) is 0 Å². The van der Waals surface area contributed by atoms with Gasteiger partial charge in [-0.05, 0) is 67.5 Å². The Bertz CT molecular complexity index is 981. The van der Waals surface area contributed by atoms with Crippen molar-refractivity contribution in [2.24, 2.45) is 5.92 Å². The molecule has 154 valence electrons. The van der Waals surface area contributed by atoms with Crippen molar-refractivity contribution in [2.45, 2.75) is 37.1 Å². The van der Waals surface area contributed by atoms with Crippen LogP contribution in [0, 0.1) is 11.7 Å². The lowest BCUT2D eigenvalue weighted by molar-refractivity contribution is 0.0734. The van der Waals surface area contributed by atoms with Gasteiger partial charge in [-0.3, -0.25) is 4.79 Å². The molecule has 1 aliphatic heterocycles. The molecule has 1 heterocycles. The normalized spacial score (nSPS) is 17.4. The SMILES string of the molecule is O=C(c1cccc(S(=O)(=O)N2CCCC2)c1)N(Cc1ccc(F)cc1)CC1CC1. The van der Waals surface area contributed by atoms with Crippen molar-refractivity contribution in [3.05, 3.63) is 65.5 Å². The van der Waals surface area contributed by atoms with Crippen molar-refractivity contribution in [1.82, 2.24) is 9.21 Å². The first-order valence-electron chi connectivity index (χ1n) is 10.1. The van der Waals surface area contributed by atoms with Crippen LogP contribution in [0.1, 0.15) is 41.6 Å². The van der Waals surface area contributed by atoms with Crippen LogP contribution in [-0.2, 0) is 16.6 Å². The molecule has 2 fully saturated rings. The van der Waals surface area contributed by atoms with Crippen LogP contribution in [0.2, 0.25) is 0 Å². The summed E-state index contributed by atoms with van der Waals surface area (Å²) in [5, 5.41) is 0. The Morgan fingerprint density at radius 2 is 1.76 bits per heavy atom. The lowest BCUT2D eigenvalue weighted by Gasteiger charge is -2.23. The van der Waals surface area contributed by atoms with Gasteiger partial charge in [0.1, 0.15) is 5.82 Å². The van der Waals surface area contributed by atoms with Crippen LogP contribution in [0.15, 0.2) is 53.4 Å². The fraction of sp³-hybridized carbons (Fsp3) is 0.409. The zero-order chi connectivity index (χ0) is 20.4. The number of nitrogens with zero attached hydrogens (tertiary/aromatic N) is 2. The summed E-state index contributed by atoms with van der Waals surface area (Å²) in [6.45, 7) is 2.05. The van der Waals surface area contributed by atoms with E-state index in [-0.39, 0.29) is 16.6 Å². The van der Waals surface area contributed by atoms with Crippen LogP contribution < -0.4 is 0 Å². The maximum absolute atomic E-state index is 13.2. The first-order chi connectivity index (χ1) is 13.9. The summed E-state index contributed by atoms with van der Waals surface area (Å²) < 4.78 is 40.4. The number of carbonyl (C=O) groups is 1. The average molecular weight is 417 g/mol. The monoisotopic (exact) mass is 416 g/mol. The first kappa shape index (κ1) is 20.0. The second-order valence-electron chi connectivity index (χ2n) is 7.89. The average Bonchev–Trinajstić information content (AvgIpc) is 3.36. The van der Waals surface area contributed by atoms with Gasteiger partial charge in [-0.1, -0.05) is 18.2 Å². The highest BCUT2D eigenvalue weighted by Gasteiger charge is 2.30. The van der Waals surface area contributed by atoms with E-state index in [1.54, 1.807) is 35.2 Å². The van der Waals surface area contributed by atoms with Crippen molar-refractivity contribution >= 4 is 15.9 Å². The molecule has 0 N–H and O–H groups in total. The van der Waals surface area contributed by atoms with Crippen molar-refractivity contribution in [3.8, 4) is 0 Å². The van der Waals surface area contributed by atoms with Gasteiger partial charge in [0.05, 0.1) is 4.90 Å². The van der Waals surface area contributed by atoms with Crippen molar-refractivity contribution in [2.75, 3.05) is 19.6 Å². The minimum Gasteiger partial charge on any atom is -0.334 e. The zero-order valence-electron chi connectivity index (χ0n) is 16.3. The molecule has 2 aliphatic rings. The van der Waals surface area contributed by atoms with Crippen LogP contribution >= 0.6 is 0 Å². The number of rotatable bonds is 7. The molecule has 7 heteroatoms. The fourth-order valence-electron chi connectivity index (χ4n) is 3.69. The second-order valence-corrected chi connectivity index (χ2v) is 9.83. The van der Waals surface area contributed by atoms with E-state index in [9.17, 15) is 17.6 Å². The molecule has 0 bridgehead atoms. The maximum atomic E-state index is 13.2. The molecular weight excluding hydrogens is 391 g/mol. The van der Waals surface area contributed by atoms with Gasteiger partial charge in [-0.15, -0.1) is 0 Å². The van der Waals surface area contributed by atoms with Gasteiger partial charge in [-0.2, -0.15) is 4.31 Å². The van der Waals surface area contributed by atoms with E-state index in [2.05, 4.69) is 0 Å². The quantitative estimate of drug-likeness (QED) is 0.692. The molecule has 1 saturated carbocycles. The van der Waals surface area contributed by atoms with E-state index in [0.717, 1.165) is 31.2 Å². The van der Waals surface area contributed by atoms with Gasteiger partial charge >= 0.3 is 0 Å². The second kappa shape index (κ2) is 8.24. The third-order valence-electron chi connectivity index (χ3n) is 5.53. The van der Waals surface area contributed by atoms with Gasteiger partial charge < -0.3 is 4.90 Å². The molecule has 0 atom stereocenters. The van der Waals surface area contributed by atoms with Gasteiger partial charge in [0.25, 0.3) is 5.91 Å². The molecule has 0 unspecified atom stereocenters. The third-order valence-corrected chi connectivity index (χ3v) is 7.43. The van der Waals surface area contributed by atoms with Gasteiger partial charge in [0.15, 0.2) is 0 Å². The summed E-state index contributed by atoms with van der Waals surface area (Å²) in [6, 6.07) is 12.5. The number of hydrogen-bond acceptors (Lipinski definition) is 3. The van der Waals surface area contributed by atoms with E-state index in [0.29, 0.717) is 37.7 Å². The largest absolute Gasteiger partial charge is 0.334 e. The Labute approximate surface area is 171 Å². The minimum absolute atomic E-state index is 0.165. The highest BCUT2D eigenvalue weighted by Crippen LogP contribution is 2.31. The minimum atomic E-state index is -3.57. The Balaban J connectivity index is 1.57. The molecule has 2 aromatic carbocycles. The van der Waals surface area contributed by atoms with Crippen molar-refractivity contribution < 1.29 is 17.6 Å². The summed E-state index contributed by atoms with van der Waals surface area (Å²) >= 11 is 0. The molecule has 1 amide bonds. The Morgan fingerprint density at radius 3 is 2.41 bits per heavy atom. The fourth-order valence-corrected chi connectivity index (χ4v) is 5.25. The Kier molecular flexibility index (Phi) is 5.69. The zero-order valence-corrected chi connectivity index (χ0v) is 17.1. The molecule has 4 rings (SSSR count). The van der Waals surface area contributed by atoms with E-state index < -0.39 is 10.0 Å². The number of carbonyl (C=O) groups excluding carboxylic acids is 1. The highest BCUT2D eigenvalue weighted by atomic mass is 32.2. The number of halogens is 1. The van der Waals surface area contributed by atoms with Gasteiger partial charge in [-0.25, -0.2) is 12.8 Å². The highest BCUT2D eigenvalue weighted by molar-refractivity contribution is 7.89. The maximum Gasteiger partial charge on any atom is 0.254 e. The predicted molar refractivity (Wildman–Crippen MR) is 108 cm³/mol. The predicted octanol–water partition coefficient (Wildman–Crippen LogP) is 3.66. The standard InChI is InChI=1S/C22H25FN2O3S/c23-20-10-8-18(9-11-20)16-24(15-17-6-7-17)22(26)19-4-3-5-21(14-19)29(27,28)25-12-1-2-13-25/h3-5,8-11,14,17H,1-2,6-7,12-13,15-16H2. The number of sulfonamides is 1. The van der Waals surface area contributed by atoms with E-state index in [1.807, 2.05) is 0 Å². The molecule has 2 aromatic rings. The summed E-state index contributed by atoms with van der Waals surface area (Å²) in [5.41, 5.74) is 1.22. The molecule has 1 saturated heterocycles. The van der Waals surface area contributed by atoms with Crippen LogP contribution in [0.4, 0.5) is 4.39 Å². The van der Waals surface area contributed by atoms with Crippen LogP contribution in [-0.4, -0.2) is 43.2 Å². The summed E-state index contributed by atoms with van der Waals surface area (Å²) in [5.74, 6) is -0.0238. The molecule has 1 aliphatic carbocycles. The van der Waals surface area contributed by atoms with E-state index >= 15 is 0 Å². The van der Waals surface area contributed by atoms with E-state index in [1.165, 1.54) is 22.5 Å². The summed E-state index contributed by atoms with van der Waals surface area (Å²) in [6.07, 6.45) is 3.92. The molecule has 0 radical (unpaired) electrons. The smallest absolute Gasteiger partial charge is 0.254 e. The van der Waals surface area contributed by atoms with Gasteiger partial charge in [0, 0.05) is 31.7 Å². The van der Waals surface area contributed by atoms with Crippen LogP contribution in [0.25, 0.3) is 0 Å². The van der Waals surface area contributed by atoms with Crippen molar-refractivity contribution in [3.63, 3.8) is 0 Å². The van der Waals surface area contributed by atoms with Crippen LogP contribution in [0.5, 0.6) is 0 Å². The number of amides is 1. The summed E-state index contributed by atoms with van der Waals surface area (Å²) in [7, 11) is -3.57. The lowest BCUT2D eigenvalue weighted by Crippen LogP contribution is -2.33. The molecule has 0 aromatic heterocycles. The molecule has 29 heavy (non-hydrogen) atoms. The number of hydrogen-bond donors (Lipinski definition) is 0. The molecule has 5 nitrogen and oxygen atoms in total. The van der Waals surface area contributed by atoms with Crippen LogP contribution in [0.3, 0.4) is 0 Å². The molecule has 0 spiro atoms.